The van der Waals surface area contributed by atoms with Crippen LogP contribution in [0.2, 0.25) is 0 Å². The average Bonchev–Trinajstić information content (AvgIpc) is 2.58. The number of nitrogens with one attached hydrogen (secondary N) is 1. The second-order valence-corrected chi connectivity index (χ2v) is 11.1. The second-order valence-electron chi connectivity index (χ2n) is 9.07. The van der Waals surface area contributed by atoms with Gasteiger partial charge in [0.05, 0.1) is 46.7 Å². The van der Waals surface area contributed by atoms with Crippen LogP contribution in [0.5, 0.6) is 0 Å². The second kappa shape index (κ2) is 8.88. The number of carbonyl (C=O) groups excluding carboxylic acids is 1. The molecule has 1 aliphatic rings. The van der Waals surface area contributed by atoms with Crippen molar-refractivity contribution in [1.29, 1.82) is 0 Å². The molecule has 158 valence electrons. The highest BCUT2D eigenvalue weighted by Gasteiger charge is 2.36. The van der Waals surface area contributed by atoms with Crippen molar-refractivity contribution < 1.29 is 18.5 Å². The van der Waals surface area contributed by atoms with E-state index in [1.807, 2.05) is 60.6 Å². The molecular formula is C20H33N3O4S. The van der Waals surface area contributed by atoms with Gasteiger partial charge in [0, 0.05) is 12.7 Å². The molecule has 1 fully saturated rings. The van der Waals surface area contributed by atoms with Crippen molar-refractivity contribution in [1.82, 2.24) is 14.6 Å². The first kappa shape index (κ1) is 22.8. The van der Waals surface area contributed by atoms with E-state index >= 15 is 0 Å². The first-order valence-electron chi connectivity index (χ1n) is 9.57. The van der Waals surface area contributed by atoms with Crippen LogP contribution in [0.1, 0.15) is 58.8 Å². The van der Waals surface area contributed by atoms with E-state index in [2.05, 4.69) is 9.71 Å². The number of hydrogen-bond acceptors (Lipinski definition) is 5. The Hall–Kier alpha value is -1.51. The Labute approximate surface area is 170 Å². The van der Waals surface area contributed by atoms with Crippen LogP contribution in [0.15, 0.2) is 18.3 Å². The molecule has 2 heterocycles. The SMILES string of the molecule is Cc1ccc(C(NS(=O)C(C)(C)C)C2CN(C(=O)OC(C)(C)C)CCO2)nc1. The molecule has 0 radical (unpaired) electrons. The molecule has 1 aliphatic heterocycles. The fraction of sp³-hybridized carbons (Fsp3) is 0.700. The summed E-state index contributed by atoms with van der Waals surface area (Å²) in [5.41, 5.74) is 1.22. The van der Waals surface area contributed by atoms with E-state index in [4.69, 9.17) is 9.47 Å². The van der Waals surface area contributed by atoms with Gasteiger partial charge in [-0.1, -0.05) is 6.07 Å². The molecule has 1 N–H and O–H groups in total. The van der Waals surface area contributed by atoms with E-state index in [0.29, 0.717) is 19.7 Å². The Balaban J connectivity index is 2.23. The predicted octanol–water partition coefficient (Wildman–Crippen LogP) is 3.12. The third-order valence-corrected chi connectivity index (χ3v) is 5.74. The standard InChI is InChI=1S/C20H33N3O4S/c1-14-8-9-15(21-12-14)17(22-28(25)20(5,6)7)16-13-23(10-11-26-16)18(24)27-19(2,3)4/h8-9,12,16-17,22H,10-11,13H2,1-7H3. The number of carbonyl (C=O) groups is 1. The van der Waals surface area contributed by atoms with E-state index in [0.717, 1.165) is 11.3 Å². The van der Waals surface area contributed by atoms with Crippen LogP contribution < -0.4 is 4.72 Å². The number of rotatable bonds is 4. The number of aromatic nitrogens is 1. The normalized spacial score (nSPS) is 20.5. The Morgan fingerprint density at radius 3 is 2.54 bits per heavy atom. The first-order chi connectivity index (χ1) is 12.9. The van der Waals surface area contributed by atoms with E-state index in [1.54, 1.807) is 11.1 Å². The molecule has 0 bridgehead atoms. The third kappa shape index (κ3) is 6.53. The average molecular weight is 412 g/mol. The lowest BCUT2D eigenvalue weighted by molar-refractivity contribution is -0.0531. The first-order valence-corrected chi connectivity index (χ1v) is 10.7. The number of aryl methyl sites for hydroxylation is 1. The summed E-state index contributed by atoms with van der Waals surface area (Å²) in [4.78, 5) is 18.6. The van der Waals surface area contributed by atoms with E-state index in [1.165, 1.54) is 0 Å². The van der Waals surface area contributed by atoms with Crippen molar-refractivity contribution in [2.75, 3.05) is 19.7 Å². The number of morpholine rings is 1. The van der Waals surface area contributed by atoms with Crippen LogP contribution >= 0.6 is 0 Å². The van der Waals surface area contributed by atoms with Crippen molar-refractivity contribution >= 4 is 17.1 Å². The highest BCUT2D eigenvalue weighted by atomic mass is 32.2. The summed E-state index contributed by atoms with van der Waals surface area (Å²) in [5.74, 6) is 0. The minimum Gasteiger partial charge on any atom is -0.444 e. The zero-order valence-corrected chi connectivity index (χ0v) is 18.8. The highest BCUT2D eigenvalue weighted by molar-refractivity contribution is 7.84. The summed E-state index contributed by atoms with van der Waals surface area (Å²) < 4.78 is 27.0. The van der Waals surface area contributed by atoms with E-state index in [-0.39, 0.29) is 12.2 Å². The fourth-order valence-electron chi connectivity index (χ4n) is 2.65. The van der Waals surface area contributed by atoms with Crippen molar-refractivity contribution in [2.24, 2.45) is 0 Å². The molecular weight excluding hydrogens is 378 g/mol. The van der Waals surface area contributed by atoms with Gasteiger partial charge in [-0.2, -0.15) is 0 Å². The predicted molar refractivity (Wildman–Crippen MR) is 110 cm³/mol. The Morgan fingerprint density at radius 2 is 2.00 bits per heavy atom. The minimum absolute atomic E-state index is 0.337. The van der Waals surface area contributed by atoms with Gasteiger partial charge in [-0.3, -0.25) is 4.98 Å². The van der Waals surface area contributed by atoms with E-state index in [9.17, 15) is 9.00 Å². The lowest BCUT2D eigenvalue weighted by atomic mass is 10.1. The maximum atomic E-state index is 12.8. The van der Waals surface area contributed by atoms with Gasteiger partial charge in [-0.25, -0.2) is 13.7 Å². The monoisotopic (exact) mass is 411 g/mol. The van der Waals surface area contributed by atoms with Crippen LogP contribution in [0.4, 0.5) is 4.79 Å². The van der Waals surface area contributed by atoms with Gasteiger partial charge in [-0.15, -0.1) is 0 Å². The summed E-state index contributed by atoms with van der Waals surface area (Å²) in [7, 11) is -1.32. The maximum absolute atomic E-state index is 12.8. The number of hydrogen-bond donors (Lipinski definition) is 1. The van der Waals surface area contributed by atoms with E-state index < -0.39 is 27.4 Å². The lowest BCUT2D eigenvalue weighted by Crippen LogP contribution is -2.52. The van der Waals surface area contributed by atoms with Crippen LogP contribution in [-0.4, -0.2) is 56.3 Å². The van der Waals surface area contributed by atoms with Crippen LogP contribution in [0.3, 0.4) is 0 Å². The molecule has 3 unspecified atom stereocenters. The van der Waals surface area contributed by atoms with Gasteiger partial charge in [0.1, 0.15) is 5.60 Å². The van der Waals surface area contributed by atoms with Crippen molar-refractivity contribution in [3.63, 3.8) is 0 Å². The Bertz CT molecular complexity index is 695. The third-order valence-electron chi connectivity index (χ3n) is 4.16. The molecule has 1 aromatic rings. The molecule has 0 spiro atoms. The summed E-state index contributed by atoms with van der Waals surface area (Å²) in [5, 5.41) is 0. The van der Waals surface area contributed by atoms with Crippen molar-refractivity contribution in [3.05, 3.63) is 29.6 Å². The van der Waals surface area contributed by atoms with Gasteiger partial charge in [0.25, 0.3) is 0 Å². The van der Waals surface area contributed by atoms with Crippen LogP contribution in [0.25, 0.3) is 0 Å². The molecule has 0 saturated carbocycles. The zero-order valence-electron chi connectivity index (χ0n) is 17.9. The summed E-state index contributed by atoms with van der Waals surface area (Å²) in [6.45, 7) is 14.4. The number of pyridine rings is 1. The van der Waals surface area contributed by atoms with Gasteiger partial charge in [0.15, 0.2) is 0 Å². The molecule has 3 atom stereocenters. The van der Waals surface area contributed by atoms with Crippen molar-refractivity contribution in [2.45, 2.75) is 71.0 Å². The lowest BCUT2D eigenvalue weighted by Gasteiger charge is -2.38. The molecule has 1 aromatic heterocycles. The fourth-order valence-corrected chi connectivity index (χ4v) is 3.51. The number of amides is 1. The molecule has 8 heteroatoms. The Morgan fingerprint density at radius 1 is 1.32 bits per heavy atom. The molecule has 28 heavy (non-hydrogen) atoms. The molecule has 7 nitrogen and oxygen atoms in total. The Kier molecular flexibility index (Phi) is 7.22. The molecule has 2 rings (SSSR count). The largest absolute Gasteiger partial charge is 0.444 e. The zero-order chi connectivity index (χ0) is 21.1. The smallest absolute Gasteiger partial charge is 0.410 e. The van der Waals surface area contributed by atoms with Gasteiger partial charge in [0.2, 0.25) is 0 Å². The summed E-state index contributed by atoms with van der Waals surface area (Å²) in [6.07, 6.45) is 1.02. The van der Waals surface area contributed by atoms with Gasteiger partial charge < -0.3 is 14.4 Å². The van der Waals surface area contributed by atoms with Crippen molar-refractivity contribution in [3.8, 4) is 0 Å². The number of nitrogens with zero attached hydrogens (tertiary/aromatic N) is 2. The molecule has 0 aromatic carbocycles. The van der Waals surface area contributed by atoms with Gasteiger partial charge >= 0.3 is 6.09 Å². The summed E-state index contributed by atoms with van der Waals surface area (Å²) in [6, 6.07) is 3.46. The summed E-state index contributed by atoms with van der Waals surface area (Å²) >= 11 is 0. The quantitative estimate of drug-likeness (QED) is 0.823. The maximum Gasteiger partial charge on any atom is 0.410 e. The molecule has 0 aliphatic carbocycles. The topological polar surface area (TPSA) is 80.8 Å². The van der Waals surface area contributed by atoms with Crippen LogP contribution in [0, 0.1) is 6.92 Å². The van der Waals surface area contributed by atoms with Gasteiger partial charge in [-0.05, 0) is 60.1 Å². The highest BCUT2D eigenvalue weighted by Crippen LogP contribution is 2.25. The van der Waals surface area contributed by atoms with Crippen LogP contribution in [-0.2, 0) is 20.5 Å². The number of ether oxygens (including phenoxy) is 2. The minimum atomic E-state index is -1.32. The molecule has 1 saturated heterocycles. The molecule has 1 amide bonds.